The Hall–Kier alpha value is -2.69. The van der Waals surface area contributed by atoms with E-state index in [1.807, 2.05) is 60.7 Å². The minimum atomic E-state index is -1.63. The molecule has 1 N–H and O–H groups in total. The fourth-order valence-corrected chi connectivity index (χ4v) is 3.11. The second kappa shape index (κ2) is 8.80. The first kappa shape index (κ1) is 19.1. The number of rotatable bonds is 8. The van der Waals surface area contributed by atoms with E-state index in [-0.39, 0.29) is 19.0 Å². The molecule has 4 heteroatoms. The number of ether oxygens (including phenoxy) is 2. The van der Waals surface area contributed by atoms with Crippen LogP contribution < -0.4 is 0 Å². The van der Waals surface area contributed by atoms with Crippen LogP contribution in [-0.4, -0.2) is 23.1 Å². The van der Waals surface area contributed by atoms with Gasteiger partial charge in [0, 0.05) is 5.92 Å². The zero-order valence-corrected chi connectivity index (χ0v) is 15.4. The maximum absolute atomic E-state index is 12.7. The molecule has 4 nitrogen and oxygen atoms in total. The summed E-state index contributed by atoms with van der Waals surface area (Å²) in [4.78, 5) is 12.7. The highest BCUT2D eigenvalue weighted by molar-refractivity contribution is 6.04. The molecule has 0 spiro atoms. The van der Waals surface area contributed by atoms with Crippen LogP contribution in [0.4, 0.5) is 0 Å². The summed E-state index contributed by atoms with van der Waals surface area (Å²) in [5.41, 5.74) is 0.378. The van der Waals surface area contributed by atoms with Gasteiger partial charge in [-0.25, -0.2) is 0 Å². The number of carbonyl (C=O) groups excluding carboxylic acids is 1. The number of benzene rings is 2. The zero-order valence-electron chi connectivity index (χ0n) is 15.4. The molecule has 0 aromatic heterocycles. The Morgan fingerprint density at radius 3 is 2.19 bits per heavy atom. The number of ketones is 1. The van der Waals surface area contributed by atoms with E-state index in [0.717, 1.165) is 11.1 Å². The molecule has 27 heavy (non-hydrogen) atoms. The lowest BCUT2D eigenvalue weighted by atomic mass is 9.89. The van der Waals surface area contributed by atoms with E-state index in [1.165, 1.54) is 6.08 Å². The Morgan fingerprint density at radius 1 is 1.00 bits per heavy atom. The van der Waals surface area contributed by atoms with Crippen molar-refractivity contribution in [1.29, 1.82) is 0 Å². The first-order valence-electron chi connectivity index (χ1n) is 9.04. The predicted molar refractivity (Wildman–Crippen MR) is 104 cm³/mol. The molecule has 0 unspecified atom stereocenters. The van der Waals surface area contributed by atoms with Crippen molar-refractivity contribution in [3.63, 3.8) is 0 Å². The molecule has 0 radical (unpaired) electrons. The Morgan fingerprint density at radius 2 is 1.59 bits per heavy atom. The number of hydrogen-bond acceptors (Lipinski definition) is 4. The lowest BCUT2D eigenvalue weighted by Crippen LogP contribution is -2.41. The molecule has 0 aliphatic heterocycles. The molecule has 0 saturated heterocycles. The molecule has 0 fully saturated rings. The Balaban J connectivity index is 1.67. The van der Waals surface area contributed by atoms with E-state index in [1.54, 1.807) is 19.1 Å². The first-order valence-corrected chi connectivity index (χ1v) is 9.04. The second-order valence-corrected chi connectivity index (χ2v) is 6.57. The monoisotopic (exact) mass is 364 g/mol. The van der Waals surface area contributed by atoms with Gasteiger partial charge in [0.15, 0.2) is 11.4 Å². The van der Waals surface area contributed by atoms with Gasteiger partial charge in [-0.05, 0) is 30.2 Å². The van der Waals surface area contributed by atoms with Crippen molar-refractivity contribution >= 4 is 5.78 Å². The van der Waals surface area contributed by atoms with Crippen molar-refractivity contribution in [3.05, 3.63) is 95.8 Å². The molecule has 2 aromatic rings. The summed E-state index contributed by atoms with van der Waals surface area (Å²) in [6.07, 6.45) is 4.87. The van der Waals surface area contributed by atoms with Gasteiger partial charge in [-0.3, -0.25) is 4.79 Å². The van der Waals surface area contributed by atoms with Crippen molar-refractivity contribution in [3.8, 4) is 0 Å². The molecule has 0 amide bonds. The minimum absolute atomic E-state index is 0.188. The summed E-state index contributed by atoms with van der Waals surface area (Å²) >= 11 is 0. The third-order valence-corrected chi connectivity index (χ3v) is 4.57. The van der Waals surface area contributed by atoms with Crippen molar-refractivity contribution in [2.24, 2.45) is 5.92 Å². The first-order chi connectivity index (χ1) is 13.1. The van der Waals surface area contributed by atoms with Gasteiger partial charge >= 0.3 is 0 Å². The van der Waals surface area contributed by atoms with Crippen LogP contribution in [0.25, 0.3) is 0 Å². The second-order valence-electron chi connectivity index (χ2n) is 6.57. The topological polar surface area (TPSA) is 55.8 Å². The summed E-state index contributed by atoms with van der Waals surface area (Å²) in [5.74, 6) is -0.728. The van der Waals surface area contributed by atoms with Crippen LogP contribution in [0.3, 0.4) is 0 Å². The van der Waals surface area contributed by atoms with Gasteiger partial charge in [0.1, 0.15) is 6.61 Å². The van der Waals surface area contributed by atoms with Crippen LogP contribution in [0.5, 0.6) is 0 Å². The van der Waals surface area contributed by atoms with Crippen LogP contribution in [0.15, 0.2) is 84.7 Å². The number of aliphatic hydroxyl groups is 1. The fourth-order valence-electron chi connectivity index (χ4n) is 3.11. The van der Waals surface area contributed by atoms with Crippen LogP contribution in [-0.2, 0) is 27.5 Å². The third-order valence-electron chi connectivity index (χ3n) is 4.57. The van der Waals surface area contributed by atoms with E-state index in [9.17, 15) is 9.90 Å². The van der Waals surface area contributed by atoms with E-state index < -0.39 is 17.3 Å². The average molecular weight is 364 g/mol. The molecule has 1 aliphatic carbocycles. The highest BCUT2D eigenvalue weighted by Gasteiger charge is 2.48. The van der Waals surface area contributed by atoms with Crippen molar-refractivity contribution < 1.29 is 19.4 Å². The lowest BCUT2D eigenvalue weighted by Gasteiger charge is -2.24. The summed E-state index contributed by atoms with van der Waals surface area (Å²) < 4.78 is 11.5. The van der Waals surface area contributed by atoms with Gasteiger partial charge in [-0.2, -0.15) is 0 Å². The highest BCUT2D eigenvalue weighted by Crippen LogP contribution is 2.34. The normalized spacial score (nSPS) is 22.2. The fraction of sp³-hybridized carbons (Fsp3) is 0.261. The molecular formula is C23H24O4. The van der Waals surface area contributed by atoms with Gasteiger partial charge in [0.05, 0.1) is 13.2 Å². The third kappa shape index (κ3) is 4.54. The van der Waals surface area contributed by atoms with E-state index in [0.29, 0.717) is 6.61 Å². The Kier molecular flexibility index (Phi) is 6.22. The van der Waals surface area contributed by atoms with Gasteiger partial charge in [-0.1, -0.05) is 66.7 Å². The Labute approximate surface area is 159 Å². The van der Waals surface area contributed by atoms with Crippen LogP contribution in [0.2, 0.25) is 0 Å². The number of allylic oxidation sites excluding steroid dienone is 1. The molecule has 0 bridgehead atoms. The lowest BCUT2D eigenvalue weighted by molar-refractivity contribution is -0.134. The summed E-state index contributed by atoms with van der Waals surface area (Å²) in [6, 6.07) is 19.4. The van der Waals surface area contributed by atoms with Crippen molar-refractivity contribution in [2.45, 2.75) is 25.7 Å². The van der Waals surface area contributed by atoms with Crippen LogP contribution in [0.1, 0.15) is 18.1 Å². The van der Waals surface area contributed by atoms with E-state index in [2.05, 4.69) is 0 Å². The maximum Gasteiger partial charge on any atom is 0.233 e. The molecule has 2 aromatic carbocycles. The largest absolute Gasteiger partial charge is 0.485 e. The van der Waals surface area contributed by atoms with E-state index in [4.69, 9.17) is 9.47 Å². The number of Topliss-reactive ketones (excluding diaryl/α,β-unsaturated/α-hetero) is 1. The number of hydrogen-bond donors (Lipinski definition) is 1. The molecule has 3 rings (SSSR count). The molecular weight excluding hydrogens is 340 g/mol. The van der Waals surface area contributed by atoms with E-state index >= 15 is 0 Å². The number of carbonyl (C=O) groups is 1. The minimum Gasteiger partial charge on any atom is -0.485 e. The molecule has 0 heterocycles. The van der Waals surface area contributed by atoms with Crippen LogP contribution in [0, 0.1) is 5.92 Å². The summed E-state index contributed by atoms with van der Waals surface area (Å²) in [7, 11) is 0. The van der Waals surface area contributed by atoms with Gasteiger partial charge in [0.25, 0.3) is 0 Å². The summed E-state index contributed by atoms with van der Waals surface area (Å²) in [6.45, 7) is 2.70. The SMILES string of the molecule is C/C=C/[C@@]1(O)C(=O)C(OCc2ccccc2)=C[C@H]1COCc1ccccc1. The zero-order chi connectivity index (χ0) is 19.1. The molecule has 1 aliphatic rings. The highest BCUT2D eigenvalue weighted by atomic mass is 16.5. The van der Waals surface area contributed by atoms with Crippen molar-refractivity contribution in [2.75, 3.05) is 6.61 Å². The Bertz CT molecular complexity index is 811. The van der Waals surface area contributed by atoms with Crippen LogP contribution >= 0.6 is 0 Å². The maximum atomic E-state index is 12.7. The average Bonchev–Trinajstić information content (AvgIpc) is 2.93. The van der Waals surface area contributed by atoms with Gasteiger partial charge in [-0.15, -0.1) is 0 Å². The van der Waals surface area contributed by atoms with Gasteiger partial charge < -0.3 is 14.6 Å². The molecule has 2 atom stereocenters. The van der Waals surface area contributed by atoms with Gasteiger partial charge in [0.2, 0.25) is 5.78 Å². The molecule has 140 valence electrons. The quantitative estimate of drug-likeness (QED) is 0.724. The smallest absolute Gasteiger partial charge is 0.233 e. The van der Waals surface area contributed by atoms with Crippen molar-refractivity contribution in [1.82, 2.24) is 0 Å². The standard InChI is InChI=1S/C23H24O4/c1-2-13-23(25)20(17-26-15-18-9-5-3-6-10-18)14-21(22(23)24)27-16-19-11-7-4-8-12-19/h2-14,20,25H,15-17H2,1H3/b13-2+/t20-,23-/m0/s1. The summed E-state index contributed by atoms with van der Waals surface area (Å²) in [5, 5.41) is 10.9. The predicted octanol–water partition coefficient (Wildman–Crippen LogP) is 3.81. The molecule has 0 saturated carbocycles.